The van der Waals surface area contributed by atoms with Crippen molar-refractivity contribution in [2.45, 2.75) is 32.2 Å². The Morgan fingerprint density at radius 2 is 2.35 bits per heavy atom. The molecule has 0 aliphatic carbocycles. The molecule has 4 nitrogen and oxygen atoms in total. The number of likely N-dealkylation sites (N-methyl/N-ethyl adjacent to an activating group) is 1. The molecule has 2 heterocycles. The minimum Gasteiger partial charge on any atom is -0.358 e. The van der Waals surface area contributed by atoms with Gasteiger partial charge in [-0.2, -0.15) is 0 Å². The van der Waals surface area contributed by atoms with Gasteiger partial charge in [0.05, 0.1) is 6.04 Å². The highest BCUT2D eigenvalue weighted by molar-refractivity contribution is 5.85. The van der Waals surface area contributed by atoms with Gasteiger partial charge >= 0.3 is 0 Å². The second kappa shape index (κ2) is 6.03. The van der Waals surface area contributed by atoms with Gasteiger partial charge in [0.2, 0.25) is 5.91 Å². The molecule has 0 aromatic rings. The molecule has 100 valence electrons. The first-order valence-electron chi connectivity index (χ1n) is 6.31. The van der Waals surface area contributed by atoms with E-state index in [1.165, 1.54) is 6.42 Å². The maximum Gasteiger partial charge on any atom is 0.237 e. The van der Waals surface area contributed by atoms with E-state index >= 15 is 0 Å². The molecule has 0 aromatic carbocycles. The number of nitrogens with one attached hydrogen (secondary N) is 2. The van der Waals surface area contributed by atoms with Crippen molar-refractivity contribution in [2.24, 2.45) is 5.41 Å². The van der Waals surface area contributed by atoms with Crippen LogP contribution in [0.25, 0.3) is 0 Å². The highest BCUT2D eigenvalue weighted by Gasteiger charge is 2.37. The average Bonchev–Trinajstić information content (AvgIpc) is 2.87. The third kappa shape index (κ3) is 3.33. The second-order valence-corrected chi connectivity index (χ2v) is 5.48. The van der Waals surface area contributed by atoms with Crippen LogP contribution >= 0.6 is 12.4 Å². The zero-order valence-corrected chi connectivity index (χ0v) is 11.6. The topological polar surface area (TPSA) is 44.4 Å². The molecule has 0 spiro atoms. The van der Waals surface area contributed by atoms with Crippen molar-refractivity contribution in [1.82, 2.24) is 15.5 Å². The van der Waals surface area contributed by atoms with Gasteiger partial charge in [-0.25, -0.2) is 0 Å². The molecule has 2 unspecified atom stereocenters. The monoisotopic (exact) mass is 261 g/mol. The first kappa shape index (κ1) is 14.7. The van der Waals surface area contributed by atoms with E-state index in [4.69, 9.17) is 0 Å². The van der Waals surface area contributed by atoms with Crippen LogP contribution in [0.1, 0.15) is 26.2 Å². The van der Waals surface area contributed by atoms with E-state index in [0.717, 1.165) is 39.0 Å². The lowest BCUT2D eigenvalue weighted by atomic mass is 9.89. The van der Waals surface area contributed by atoms with Crippen LogP contribution < -0.4 is 10.6 Å². The van der Waals surface area contributed by atoms with Crippen molar-refractivity contribution in [2.75, 3.05) is 33.2 Å². The Kier molecular flexibility index (Phi) is 5.22. The zero-order chi connectivity index (χ0) is 11.6. The molecule has 17 heavy (non-hydrogen) atoms. The van der Waals surface area contributed by atoms with Gasteiger partial charge in [-0.05, 0) is 37.8 Å². The van der Waals surface area contributed by atoms with Gasteiger partial charge < -0.3 is 10.6 Å². The highest BCUT2D eigenvalue weighted by atomic mass is 35.5. The first-order chi connectivity index (χ1) is 7.64. The third-order valence-electron chi connectivity index (χ3n) is 3.95. The minimum absolute atomic E-state index is 0. The Balaban J connectivity index is 0.00000144. The van der Waals surface area contributed by atoms with Crippen LogP contribution in [0.2, 0.25) is 0 Å². The van der Waals surface area contributed by atoms with E-state index in [9.17, 15) is 4.79 Å². The molecule has 2 N–H and O–H groups in total. The van der Waals surface area contributed by atoms with Crippen LogP contribution in [0.3, 0.4) is 0 Å². The van der Waals surface area contributed by atoms with Crippen LogP contribution in [0, 0.1) is 5.41 Å². The molecule has 2 aliphatic rings. The molecule has 2 rings (SSSR count). The average molecular weight is 262 g/mol. The van der Waals surface area contributed by atoms with Crippen LogP contribution in [-0.2, 0) is 4.79 Å². The normalized spacial score (nSPS) is 33.4. The largest absolute Gasteiger partial charge is 0.358 e. The van der Waals surface area contributed by atoms with Gasteiger partial charge in [-0.1, -0.05) is 6.92 Å². The summed E-state index contributed by atoms with van der Waals surface area (Å²) in [6.07, 6.45) is 3.40. The minimum atomic E-state index is 0. The maximum atomic E-state index is 11.7. The lowest BCUT2D eigenvalue weighted by Crippen LogP contribution is -2.46. The van der Waals surface area contributed by atoms with E-state index < -0.39 is 0 Å². The molecule has 0 bridgehead atoms. The molecule has 2 saturated heterocycles. The summed E-state index contributed by atoms with van der Waals surface area (Å²) < 4.78 is 0. The maximum absolute atomic E-state index is 11.7. The van der Waals surface area contributed by atoms with Gasteiger partial charge in [0.15, 0.2) is 0 Å². The number of nitrogens with zero attached hydrogens (tertiary/aromatic N) is 1. The van der Waals surface area contributed by atoms with E-state index in [0.29, 0.717) is 5.41 Å². The van der Waals surface area contributed by atoms with Crippen LogP contribution in [0.4, 0.5) is 0 Å². The highest BCUT2D eigenvalue weighted by Crippen LogP contribution is 2.29. The van der Waals surface area contributed by atoms with Crippen LogP contribution in [-0.4, -0.2) is 50.1 Å². The predicted octanol–water partition coefficient (Wildman–Crippen LogP) is 0.618. The summed E-state index contributed by atoms with van der Waals surface area (Å²) in [5.41, 5.74) is 0.358. The van der Waals surface area contributed by atoms with Crippen molar-refractivity contribution in [3.8, 4) is 0 Å². The molecule has 0 aromatic heterocycles. The lowest BCUT2D eigenvalue weighted by molar-refractivity contribution is -0.125. The summed E-state index contributed by atoms with van der Waals surface area (Å²) in [6, 6.07) is 0.113. The molecule has 1 amide bonds. The first-order valence-corrected chi connectivity index (χ1v) is 6.31. The fourth-order valence-corrected chi connectivity index (χ4v) is 2.97. The molecule has 0 radical (unpaired) electrons. The number of likely N-dealkylation sites (tertiary alicyclic amines) is 1. The van der Waals surface area contributed by atoms with Crippen molar-refractivity contribution in [3.63, 3.8) is 0 Å². The Labute approximate surface area is 110 Å². The van der Waals surface area contributed by atoms with E-state index in [-0.39, 0.29) is 24.4 Å². The Morgan fingerprint density at radius 1 is 1.59 bits per heavy atom. The van der Waals surface area contributed by atoms with Crippen molar-refractivity contribution in [1.29, 1.82) is 0 Å². The van der Waals surface area contributed by atoms with Gasteiger partial charge in [0, 0.05) is 20.1 Å². The van der Waals surface area contributed by atoms with E-state index in [2.05, 4.69) is 22.5 Å². The standard InChI is InChI=1S/C12H23N3O.ClH/c1-12(5-6-14-8-12)9-15-7-3-4-10(15)11(16)13-2;/h10,14H,3-9H2,1-2H3,(H,13,16);1H. The summed E-state index contributed by atoms with van der Waals surface area (Å²) >= 11 is 0. The Hall–Kier alpha value is -0.320. The van der Waals surface area contributed by atoms with Crippen LogP contribution in [0.15, 0.2) is 0 Å². The summed E-state index contributed by atoms with van der Waals surface area (Å²) in [7, 11) is 1.73. The molecular weight excluding hydrogens is 238 g/mol. The number of halogens is 1. The fraction of sp³-hybridized carbons (Fsp3) is 0.917. The summed E-state index contributed by atoms with van der Waals surface area (Å²) in [5, 5.41) is 6.20. The number of carbonyl (C=O) groups is 1. The second-order valence-electron chi connectivity index (χ2n) is 5.48. The summed E-state index contributed by atoms with van der Waals surface area (Å²) in [4.78, 5) is 14.1. The van der Waals surface area contributed by atoms with Gasteiger partial charge in [0.25, 0.3) is 0 Å². The Morgan fingerprint density at radius 3 is 2.94 bits per heavy atom. The van der Waals surface area contributed by atoms with Crippen molar-refractivity contribution in [3.05, 3.63) is 0 Å². The third-order valence-corrected chi connectivity index (χ3v) is 3.95. The molecule has 2 atom stereocenters. The molecule has 0 saturated carbocycles. The number of carbonyl (C=O) groups excluding carboxylic acids is 1. The predicted molar refractivity (Wildman–Crippen MR) is 71.5 cm³/mol. The van der Waals surface area contributed by atoms with E-state index in [1.807, 2.05) is 0 Å². The lowest BCUT2D eigenvalue weighted by Gasteiger charge is -2.32. The molecule has 5 heteroatoms. The summed E-state index contributed by atoms with van der Waals surface area (Å²) in [5.74, 6) is 0.187. The number of hydrogen-bond donors (Lipinski definition) is 2. The van der Waals surface area contributed by atoms with Crippen molar-refractivity contribution < 1.29 is 4.79 Å². The fourth-order valence-electron chi connectivity index (χ4n) is 2.97. The SMILES string of the molecule is CNC(=O)C1CCCN1CC1(C)CCNC1.Cl. The van der Waals surface area contributed by atoms with Crippen molar-refractivity contribution >= 4 is 18.3 Å². The quantitative estimate of drug-likeness (QED) is 0.783. The van der Waals surface area contributed by atoms with Crippen LogP contribution in [0.5, 0.6) is 0 Å². The Bertz CT molecular complexity index is 266. The molecule has 2 fully saturated rings. The number of hydrogen-bond acceptors (Lipinski definition) is 3. The van der Waals surface area contributed by atoms with Gasteiger partial charge in [-0.3, -0.25) is 9.69 Å². The molecule has 2 aliphatic heterocycles. The van der Waals surface area contributed by atoms with Gasteiger partial charge in [-0.15, -0.1) is 12.4 Å². The number of amides is 1. The number of rotatable bonds is 3. The molecular formula is C12H24ClN3O. The van der Waals surface area contributed by atoms with E-state index in [1.54, 1.807) is 7.05 Å². The smallest absolute Gasteiger partial charge is 0.237 e. The summed E-state index contributed by atoms with van der Waals surface area (Å²) in [6.45, 7) is 6.66. The van der Waals surface area contributed by atoms with Gasteiger partial charge in [0.1, 0.15) is 0 Å². The zero-order valence-electron chi connectivity index (χ0n) is 10.8.